The van der Waals surface area contributed by atoms with Crippen LogP contribution in [0.4, 0.5) is 4.39 Å². The molecule has 0 aromatic heterocycles. The quantitative estimate of drug-likeness (QED) is 0.841. The Labute approximate surface area is 147 Å². The van der Waals surface area contributed by atoms with Gasteiger partial charge in [-0.05, 0) is 43.4 Å². The summed E-state index contributed by atoms with van der Waals surface area (Å²) in [6.07, 6.45) is 3.81. The van der Waals surface area contributed by atoms with Crippen LogP contribution in [0.15, 0.2) is 24.3 Å². The molecular formula is C19H25FN2O3. The summed E-state index contributed by atoms with van der Waals surface area (Å²) < 4.78 is 19.4. The summed E-state index contributed by atoms with van der Waals surface area (Å²) in [6.45, 7) is 3.35. The molecule has 3 aliphatic rings. The maximum atomic E-state index is 13.5. The van der Waals surface area contributed by atoms with Crippen LogP contribution in [-0.2, 0) is 20.9 Å². The molecule has 0 aliphatic carbocycles. The van der Waals surface area contributed by atoms with E-state index >= 15 is 0 Å². The van der Waals surface area contributed by atoms with Gasteiger partial charge < -0.3 is 4.74 Å². The highest BCUT2D eigenvalue weighted by Gasteiger charge is 2.43. The maximum absolute atomic E-state index is 13.5. The average molecular weight is 348 g/mol. The predicted octanol–water partition coefficient (Wildman–Crippen LogP) is 2.36. The molecule has 0 bridgehead atoms. The van der Waals surface area contributed by atoms with Crippen LogP contribution in [0.25, 0.3) is 0 Å². The Kier molecular flexibility index (Phi) is 5.01. The van der Waals surface area contributed by atoms with Crippen molar-refractivity contribution < 1.29 is 18.8 Å². The Morgan fingerprint density at radius 2 is 2.20 bits per heavy atom. The highest BCUT2D eigenvalue weighted by molar-refractivity contribution is 5.78. The van der Waals surface area contributed by atoms with Crippen molar-refractivity contribution in [3.63, 3.8) is 0 Å². The largest absolute Gasteiger partial charge is 0.377 e. The minimum absolute atomic E-state index is 0.0675. The zero-order valence-corrected chi connectivity index (χ0v) is 14.4. The molecule has 4 rings (SSSR count). The van der Waals surface area contributed by atoms with Crippen LogP contribution in [-0.4, -0.2) is 54.3 Å². The fraction of sp³-hybridized carbons (Fsp3) is 0.632. The number of carbonyl (C=O) groups excluding carboxylic acids is 1. The van der Waals surface area contributed by atoms with Crippen LogP contribution in [0.2, 0.25) is 0 Å². The molecule has 3 fully saturated rings. The summed E-state index contributed by atoms with van der Waals surface area (Å²) in [5.41, 5.74) is 0.938. The van der Waals surface area contributed by atoms with E-state index in [0.29, 0.717) is 32.3 Å². The number of benzene rings is 1. The molecule has 0 N–H and O–H groups in total. The molecular weight excluding hydrogens is 323 g/mol. The van der Waals surface area contributed by atoms with Crippen molar-refractivity contribution >= 4 is 5.91 Å². The van der Waals surface area contributed by atoms with E-state index in [0.717, 1.165) is 37.9 Å². The first-order chi connectivity index (χ1) is 12.2. The van der Waals surface area contributed by atoms with E-state index < -0.39 is 0 Å². The minimum atomic E-state index is -0.219. The van der Waals surface area contributed by atoms with Gasteiger partial charge in [0, 0.05) is 32.3 Å². The van der Waals surface area contributed by atoms with Gasteiger partial charge in [-0.15, -0.1) is 0 Å². The van der Waals surface area contributed by atoms with Crippen molar-refractivity contribution in [2.75, 3.05) is 26.3 Å². The third kappa shape index (κ3) is 3.71. The number of likely N-dealkylation sites (tertiary alicyclic amines) is 1. The lowest BCUT2D eigenvalue weighted by Crippen LogP contribution is -2.53. The second kappa shape index (κ2) is 7.40. The van der Waals surface area contributed by atoms with Gasteiger partial charge in [-0.1, -0.05) is 12.1 Å². The monoisotopic (exact) mass is 348 g/mol. The molecule has 1 aromatic carbocycles. The lowest BCUT2D eigenvalue weighted by atomic mass is 9.89. The van der Waals surface area contributed by atoms with Gasteiger partial charge in [0.1, 0.15) is 5.82 Å². The number of halogens is 1. The fourth-order valence-electron chi connectivity index (χ4n) is 4.26. The van der Waals surface area contributed by atoms with Crippen LogP contribution >= 0.6 is 0 Å². The van der Waals surface area contributed by atoms with Gasteiger partial charge in [0.25, 0.3) is 5.91 Å². The Bertz CT molecular complexity index is 620. The molecule has 136 valence electrons. The molecule has 3 aliphatic heterocycles. The fourth-order valence-corrected chi connectivity index (χ4v) is 4.26. The third-order valence-corrected chi connectivity index (χ3v) is 5.49. The smallest absolute Gasteiger partial charge is 0.250 e. The highest BCUT2D eigenvalue weighted by atomic mass is 19.1. The number of amides is 1. The number of piperidine rings is 1. The van der Waals surface area contributed by atoms with E-state index in [1.165, 1.54) is 6.07 Å². The molecule has 5 nitrogen and oxygen atoms in total. The predicted molar refractivity (Wildman–Crippen MR) is 90.0 cm³/mol. The molecule has 3 heterocycles. The lowest BCUT2D eigenvalue weighted by Gasteiger charge is -2.41. The van der Waals surface area contributed by atoms with E-state index in [1.807, 2.05) is 6.07 Å². The molecule has 1 amide bonds. The van der Waals surface area contributed by atoms with Gasteiger partial charge in [0.15, 0.2) is 0 Å². The molecule has 0 radical (unpaired) electrons. The number of ether oxygens (including phenoxy) is 1. The van der Waals surface area contributed by atoms with E-state index in [2.05, 4.69) is 4.90 Å². The number of hydrogen-bond donors (Lipinski definition) is 0. The first-order valence-electron chi connectivity index (χ1n) is 9.25. The van der Waals surface area contributed by atoms with E-state index in [1.54, 1.807) is 17.2 Å². The summed E-state index contributed by atoms with van der Waals surface area (Å²) in [6, 6.07) is 7.02. The third-order valence-electron chi connectivity index (χ3n) is 5.49. The number of hydrogen-bond acceptors (Lipinski definition) is 4. The van der Waals surface area contributed by atoms with Crippen LogP contribution in [0.1, 0.15) is 31.2 Å². The van der Waals surface area contributed by atoms with Crippen molar-refractivity contribution in [1.29, 1.82) is 0 Å². The zero-order valence-electron chi connectivity index (χ0n) is 14.4. The average Bonchev–Trinajstić information content (AvgIpc) is 3.11. The number of hydroxylamine groups is 2. The Balaban J connectivity index is 1.48. The first kappa shape index (κ1) is 16.9. The van der Waals surface area contributed by atoms with Gasteiger partial charge in [0.05, 0.1) is 18.6 Å². The number of nitrogens with zero attached hydrogens (tertiary/aromatic N) is 2. The molecule has 6 heteroatoms. The molecule has 0 saturated carbocycles. The molecule has 0 unspecified atom stereocenters. The Morgan fingerprint density at radius 3 is 3.00 bits per heavy atom. The van der Waals surface area contributed by atoms with Gasteiger partial charge >= 0.3 is 0 Å². The number of rotatable bonds is 3. The van der Waals surface area contributed by atoms with E-state index in [4.69, 9.17) is 9.57 Å². The van der Waals surface area contributed by atoms with Crippen LogP contribution in [0.5, 0.6) is 0 Å². The maximum Gasteiger partial charge on any atom is 0.250 e. The highest BCUT2D eigenvalue weighted by Crippen LogP contribution is 2.33. The van der Waals surface area contributed by atoms with Gasteiger partial charge in [-0.2, -0.15) is 0 Å². The first-order valence-corrected chi connectivity index (χ1v) is 9.25. The minimum Gasteiger partial charge on any atom is -0.377 e. The summed E-state index contributed by atoms with van der Waals surface area (Å²) in [4.78, 5) is 20.7. The lowest BCUT2D eigenvalue weighted by molar-refractivity contribution is -0.204. The second-order valence-electron chi connectivity index (χ2n) is 7.24. The van der Waals surface area contributed by atoms with Gasteiger partial charge in [-0.25, -0.2) is 9.45 Å². The van der Waals surface area contributed by atoms with Gasteiger partial charge in [0.2, 0.25) is 0 Å². The number of fused-ring (bicyclic) bond motifs is 1. The van der Waals surface area contributed by atoms with Crippen molar-refractivity contribution in [1.82, 2.24) is 9.96 Å². The van der Waals surface area contributed by atoms with Crippen molar-refractivity contribution in [3.8, 4) is 0 Å². The summed E-state index contributed by atoms with van der Waals surface area (Å²) in [5, 5.41) is 1.55. The van der Waals surface area contributed by atoms with E-state index in [-0.39, 0.29) is 23.7 Å². The summed E-state index contributed by atoms with van der Waals surface area (Å²) in [7, 11) is 0. The SMILES string of the molecule is O=C([C@H]1C[C@H]2OCC[C@H]2N(Cc2cccc(F)c2)C1)N1CCCCO1. The second-order valence-corrected chi connectivity index (χ2v) is 7.24. The molecule has 1 aromatic rings. The van der Waals surface area contributed by atoms with Crippen molar-refractivity contribution in [2.24, 2.45) is 5.92 Å². The molecule has 0 spiro atoms. The van der Waals surface area contributed by atoms with Crippen molar-refractivity contribution in [3.05, 3.63) is 35.6 Å². The van der Waals surface area contributed by atoms with Gasteiger partial charge in [-0.3, -0.25) is 14.5 Å². The van der Waals surface area contributed by atoms with Crippen LogP contribution in [0.3, 0.4) is 0 Å². The standard InChI is InChI=1S/C19H25FN2O3/c20-16-5-3-4-14(10-16)12-21-13-15(11-18-17(21)6-9-24-18)19(23)22-7-1-2-8-25-22/h3-5,10,15,17-18H,1-2,6-9,11-13H2/t15-,17+,18+/m0/s1. The van der Waals surface area contributed by atoms with Crippen LogP contribution < -0.4 is 0 Å². The normalized spacial score (nSPS) is 30.3. The Hall–Kier alpha value is -1.50. The summed E-state index contributed by atoms with van der Waals surface area (Å²) in [5.74, 6) is -0.271. The molecule has 3 saturated heterocycles. The van der Waals surface area contributed by atoms with Crippen LogP contribution in [0, 0.1) is 11.7 Å². The van der Waals surface area contributed by atoms with E-state index in [9.17, 15) is 9.18 Å². The zero-order chi connectivity index (χ0) is 17.2. The molecule has 25 heavy (non-hydrogen) atoms. The summed E-state index contributed by atoms with van der Waals surface area (Å²) >= 11 is 0. The number of carbonyl (C=O) groups is 1. The van der Waals surface area contributed by atoms with Crippen molar-refractivity contribution in [2.45, 2.75) is 44.4 Å². The Morgan fingerprint density at radius 1 is 1.28 bits per heavy atom. The topological polar surface area (TPSA) is 42.0 Å². The molecule has 3 atom stereocenters.